The molecule has 2 aromatic heterocycles. The topological polar surface area (TPSA) is 129 Å². The molecule has 0 amide bonds. The van der Waals surface area contributed by atoms with Crippen molar-refractivity contribution in [3.8, 4) is 5.75 Å². The van der Waals surface area contributed by atoms with E-state index in [2.05, 4.69) is 4.90 Å². The van der Waals surface area contributed by atoms with Crippen LogP contribution in [-0.4, -0.2) is 45.3 Å². The Morgan fingerprint density at radius 1 is 1.10 bits per heavy atom. The van der Waals surface area contributed by atoms with Gasteiger partial charge in [0.1, 0.15) is 22.9 Å². The molecular weight excluding hydrogens is 509 g/mol. The zero-order valence-electron chi connectivity index (χ0n) is 21.1. The number of rotatable bonds is 6. The van der Waals surface area contributed by atoms with E-state index in [4.69, 9.17) is 8.83 Å². The van der Waals surface area contributed by atoms with Crippen LogP contribution in [0.15, 0.2) is 61.0 Å². The molecule has 2 N–H and O–H groups in total. The first-order valence-electron chi connectivity index (χ1n) is 12.7. The Kier molecular flexibility index (Phi) is 6.02. The lowest BCUT2D eigenvalue weighted by atomic mass is 10.0. The Morgan fingerprint density at radius 3 is 2.49 bits per heavy atom. The van der Waals surface area contributed by atoms with Crippen LogP contribution in [0.5, 0.6) is 5.75 Å². The van der Waals surface area contributed by atoms with E-state index in [9.17, 15) is 24.6 Å². The van der Waals surface area contributed by atoms with Gasteiger partial charge in [0.15, 0.2) is 5.76 Å². The second-order valence-corrected chi connectivity index (χ2v) is 10.1. The van der Waals surface area contributed by atoms with E-state index in [1.807, 2.05) is 4.90 Å². The predicted molar refractivity (Wildman–Crippen MR) is 139 cm³/mol. The molecule has 1 aliphatic heterocycles. The molecule has 2 aromatic carbocycles. The molecule has 3 heterocycles. The fourth-order valence-electron chi connectivity index (χ4n) is 5.35. The maximum absolute atomic E-state index is 15.6. The molecule has 2 fully saturated rings. The summed E-state index contributed by atoms with van der Waals surface area (Å²) in [4.78, 5) is 40.1. The highest BCUT2D eigenvalue weighted by Gasteiger charge is 2.33. The number of carbonyl (C=O) groups is 1. The molecule has 0 spiro atoms. The largest absolute Gasteiger partial charge is 0.519 e. The average molecular weight is 536 g/mol. The maximum Gasteiger partial charge on any atom is 0.519 e. The molecule has 1 saturated heterocycles. The normalized spacial score (nSPS) is 18.1. The van der Waals surface area contributed by atoms with Crippen molar-refractivity contribution in [2.24, 2.45) is 0 Å². The minimum Gasteiger partial charge on any atom is -0.508 e. The Balaban J connectivity index is 1.40. The smallest absolute Gasteiger partial charge is 0.508 e. The van der Waals surface area contributed by atoms with E-state index in [0.717, 1.165) is 24.5 Å². The third-order valence-corrected chi connectivity index (χ3v) is 7.56. The van der Waals surface area contributed by atoms with Crippen LogP contribution in [0.1, 0.15) is 52.4 Å². The van der Waals surface area contributed by atoms with Gasteiger partial charge in [0, 0.05) is 37.3 Å². The Labute approximate surface area is 221 Å². The molecule has 11 heteroatoms. The Morgan fingerprint density at radius 2 is 1.85 bits per heavy atom. The number of fused-ring (bicyclic) bond motifs is 1. The van der Waals surface area contributed by atoms with Crippen molar-refractivity contribution in [2.45, 2.75) is 38.4 Å². The SMILES string of the molecule is Cc1oc(=O)oc1CN1CCN(c2cc3c(cc2F)c(=O)c(C(=O)O)cn3C2CC2)CC1c1ccc(O)cc1. The van der Waals surface area contributed by atoms with Gasteiger partial charge in [-0.2, -0.15) is 0 Å². The lowest BCUT2D eigenvalue weighted by molar-refractivity contribution is 0.0694. The minimum absolute atomic E-state index is 0.0437. The summed E-state index contributed by atoms with van der Waals surface area (Å²) in [6.07, 6.45) is 3.08. The third-order valence-electron chi connectivity index (χ3n) is 7.56. The van der Waals surface area contributed by atoms with Gasteiger partial charge in [0.05, 0.1) is 23.8 Å². The second-order valence-electron chi connectivity index (χ2n) is 10.1. The lowest BCUT2D eigenvalue weighted by Crippen LogP contribution is -2.48. The number of aromatic nitrogens is 1. The number of pyridine rings is 1. The monoisotopic (exact) mass is 535 g/mol. The number of hydrogen-bond donors (Lipinski definition) is 2. The second kappa shape index (κ2) is 9.42. The van der Waals surface area contributed by atoms with Gasteiger partial charge in [0.2, 0.25) is 5.43 Å². The zero-order valence-corrected chi connectivity index (χ0v) is 21.1. The van der Waals surface area contributed by atoms with Crippen molar-refractivity contribution in [1.82, 2.24) is 9.47 Å². The number of aryl methyl sites for hydroxylation is 1. The van der Waals surface area contributed by atoms with E-state index in [1.165, 1.54) is 6.20 Å². The number of carboxylic acids is 1. The maximum atomic E-state index is 15.6. The molecule has 1 aliphatic carbocycles. The van der Waals surface area contributed by atoms with Crippen LogP contribution in [0.25, 0.3) is 10.9 Å². The first-order chi connectivity index (χ1) is 18.7. The number of piperazine rings is 1. The molecule has 0 bridgehead atoms. The van der Waals surface area contributed by atoms with E-state index in [-0.39, 0.29) is 28.8 Å². The minimum atomic E-state index is -1.34. The summed E-state index contributed by atoms with van der Waals surface area (Å²) in [5, 5.41) is 19.4. The van der Waals surface area contributed by atoms with Gasteiger partial charge in [-0.3, -0.25) is 9.69 Å². The summed E-state index contributed by atoms with van der Waals surface area (Å²) in [6, 6.07) is 9.35. The van der Waals surface area contributed by atoms with Crippen molar-refractivity contribution in [3.63, 3.8) is 0 Å². The Bertz CT molecular complexity index is 1700. The zero-order chi connectivity index (χ0) is 27.4. The quantitative estimate of drug-likeness (QED) is 0.379. The number of aromatic carboxylic acids is 1. The van der Waals surface area contributed by atoms with E-state index in [1.54, 1.807) is 41.8 Å². The average Bonchev–Trinajstić information content (AvgIpc) is 3.69. The molecule has 0 radical (unpaired) electrons. The number of phenolic OH excluding ortho intramolecular Hbond substituents is 1. The molecule has 1 atom stereocenters. The summed E-state index contributed by atoms with van der Waals surface area (Å²) in [5.74, 6) is -1.79. The van der Waals surface area contributed by atoms with Crippen LogP contribution < -0.4 is 16.2 Å². The molecular formula is C28H26FN3O7. The fraction of sp³-hybridized carbons (Fsp3) is 0.321. The summed E-state index contributed by atoms with van der Waals surface area (Å²) in [5.41, 5.74) is 0.618. The molecule has 202 valence electrons. The fourth-order valence-corrected chi connectivity index (χ4v) is 5.35. The van der Waals surface area contributed by atoms with Gasteiger partial charge >= 0.3 is 11.8 Å². The number of hydrogen-bond acceptors (Lipinski definition) is 8. The van der Waals surface area contributed by atoms with Gasteiger partial charge in [0.25, 0.3) is 0 Å². The highest BCUT2D eigenvalue weighted by Crippen LogP contribution is 2.39. The van der Waals surface area contributed by atoms with Crippen LogP contribution in [0, 0.1) is 12.7 Å². The van der Waals surface area contributed by atoms with Gasteiger partial charge in [-0.1, -0.05) is 12.1 Å². The number of nitrogens with zero attached hydrogens (tertiary/aromatic N) is 3. The van der Waals surface area contributed by atoms with Gasteiger partial charge in [-0.05, 0) is 49.6 Å². The first-order valence-corrected chi connectivity index (χ1v) is 12.7. The number of aromatic hydroxyl groups is 1. The lowest BCUT2D eigenvalue weighted by Gasteiger charge is -2.42. The van der Waals surface area contributed by atoms with E-state index >= 15 is 4.39 Å². The van der Waals surface area contributed by atoms with Crippen LogP contribution in [0.3, 0.4) is 0 Å². The van der Waals surface area contributed by atoms with Crippen molar-refractivity contribution < 1.29 is 28.2 Å². The highest BCUT2D eigenvalue weighted by molar-refractivity contribution is 5.93. The van der Waals surface area contributed by atoms with Gasteiger partial charge < -0.3 is 28.5 Å². The molecule has 4 aromatic rings. The summed E-state index contributed by atoms with van der Waals surface area (Å²) in [7, 11) is 0. The predicted octanol–water partition coefficient (Wildman–Crippen LogP) is 3.80. The van der Waals surface area contributed by atoms with E-state index in [0.29, 0.717) is 48.9 Å². The first kappa shape index (κ1) is 24.9. The summed E-state index contributed by atoms with van der Waals surface area (Å²) in [6.45, 7) is 3.26. The number of phenols is 1. The molecule has 6 rings (SSSR count). The van der Waals surface area contributed by atoms with Gasteiger partial charge in [-0.25, -0.2) is 14.0 Å². The molecule has 39 heavy (non-hydrogen) atoms. The van der Waals surface area contributed by atoms with Crippen molar-refractivity contribution in [3.05, 3.63) is 91.9 Å². The van der Waals surface area contributed by atoms with Crippen LogP contribution >= 0.6 is 0 Å². The molecule has 1 saturated carbocycles. The van der Waals surface area contributed by atoms with Crippen LogP contribution in [0.2, 0.25) is 0 Å². The highest BCUT2D eigenvalue weighted by atomic mass is 19.1. The summed E-state index contributed by atoms with van der Waals surface area (Å²) < 4.78 is 27.6. The molecule has 2 aliphatic rings. The van der Waals surface area contributed by atoms with Gasteiger partial charge in [-0.15, -0.1) is 0 Å². The number of benzene rings is 2. The summed E-state index contributed by atoms with van der Waals surface area (Å²) >= 11 is 0. The van der Waals surface area contributed by atoms with Crippen molar-refractivity contribution in [2.75, 3.05) is 24.5 Å². The van der Waals surface area contributed by atoms with Crippen molar-refractivity contribution >= 4 is 22.6 Å². The van der Waals surface area contributed by atoms with E-state index < -0.39 is 23.0 Å². The molecule has 1 unspecified atom stereocenters. The molecule has 10 nitrogen and oxygen atoms in total. The van der Waals surface area contributed by atoms with Crippen LogP contribution in [-0.2, 0) is 6.54 Å². The Hall–Kier alpha value is -4.38. The van der Waals surface area contributed by atoms with Crippen LogP contribution in [0.4, 0.5) is 10.1 Å². The number of anilines is 1. The standard InChI is InChI=1S/C28H26FN3O7/c1-15-25(39-28(37)38-15)14-31-9-8-30(13-24(31)16-2-6-18(33)7-3-16)23-11-22-19(10-21(23)29)26(34)20(27(35)36)12-32(22)17-4-5-17/h2-3,6-7,10-12,17,24,33H,4-5,8-9,13-14H2,1H3,(H,35,36). The number of carboxylic acid groups (broad SMARTS) is 1. The van der Waals surface area contributed by atoms with Crippen molar-refractivity contribution in [1.29, 1.82) is 0 Å². The third kappa shape index (κ3) is 4.59. The number of halogens is 1.